The summed E-state index contributed by atoms with van der Waals surface area (Å²) >= 11 is 0. The Morgan fingerprint density at radius 1 is 1.75 bits per heavy atom. The minimum Gasteiger partial charge on any atom is -0.354 e. The van der Waals surface area contributed by atoms with E-state index in [1.807, 2.05) is 0 Å². The number of nitrogens with one attached hydrogen (secondary N) is 2. The SMILES string of the molecule is [B]C(=O)N[C@@H]1C[C@H](C=O)NC1=O. The topological polar surface area (TPSA) is 75.3 Å². The monoisotopic (exact) mass is 166 g/mol. The number of aldehydes is 1. The van der Waals surface area contributed by atoms with Crippen molar-refractivity contribution in [2.75, 3.05) is 0 Å². The zero-order chi connectivity index (χ0) is 9.14. The molecular weight excluding hydrogens is 159 g/mol. The van der Waals surface area contributed by atoms with Gasteiger partial charge in [-0.3, -0.25) is 9.59 Å². The molecule has 0 aromatic heterocycles. The van der Waals surface area contributed by atoms with Gasteiger partial charge >= 0.3 is 0 Å². The maximum Gasteiger partial charge on any atom is 0.243 e. The van der Waals surface area contributed by atoms with E-state index in [4.69, 9.17) is 7.85 Å². The average Bonchev–Trinajstić information content (AvgIpc) is 2.31. The molecular formula is C6H7BN2O3. The summed E-state index contributed by atoms with van der Waals surface area (Å²) in [6, 6.07) is -1.17. The molecule has 62 valence electrons. The van der Waals surface area contributed by atoms with E-state index in [1.165, 1.54) is 0 Å². The van der Waals surface area contributed by atoms with Crippen LogP contribution in [0.25, 0.3) is 0 Å². The molecule has 0 aromatic carbocycles. The van der Waals surface area contributed by atoms with Crippen molar-refractivity contribution < 1.29 is 14.4 Å². The van der Waals surface area contributed by atoms with Crippen molar-refractivity contribution in [1.29, 1.82) is 0 Å². The third-order valence-corrected chi connectivity index (χ3v) is 1.61. The van der Waals surface area contributed by atoms with Crippen molar-refractivity contribution in [2.24, 2.45) is 0 Å². The van der Waals surface area contributed by atoms with Crippen LogP contribution >= 0.6 is 0 Å². The molecule has 1 aliphatic heterocycles. The molecule has 0 spiro atoms. The maximum atomic E-state index is 10.9. The van der Waals surface area contributed by atoms with Crippen LogP contribution in [0.4, 0.5) is 4.79 Å². The van der Waals surface area contributed by atoms with Crippen LogP contribution < -0.4 is 10.6 Å². The van der Waals surface area contributed by atoms with Crippen LogP contribution in [0.15, 0.2) is 0 Å². The van der Waals surface area contributed by atoms with E-state index >= 15 is 0 Å². The van der Waals surface area contributed by atoms with Gasteiger partial charge in [0.05, 0.1) is 6.04 Å². The molecule has 0 bridgehead atoms. The van der Waals surface area contributed by atoms with Gasteiger partial charge in [0.25, 0.3) is 0 Å². The Morgan fingerprint density at radius 3 is 2.83 bits per heavy atom. The number of carbonyl (C=O) groups is 3. The summed E-state index contributed by atoms with van der Waals surface area (Å²) in [4.78, 5) is 31.5. The second-order valence-electron chi connectivity index (χ2n) is 2.55. The Kier molecular flexibility index (Phi) is 2.47. The lowest BCUT2D eigenvalue weighted by Gasteiger charge is -2.06. The predicted octanol–water partition coefficient (Wildman–Crippen LogP) is -1.68. The summed E-state index contributed by atoms with van der Waals surface area (Å²) < 4.78 is 0. The number of hydrogen-bond donors (Lipinski definition) is 2. The predicted molar refractivity (Wildman–Crippen MR) is 40.7 cm³/mol. The van der Waals surface area contributed by atoms with Crippen LogP contribution in [0.1, 0.15) is 6.42 Å². The van der Waals surface area contributed by atoms with Gasteiger partial charge in [0.2, 0.25) is 13.8 Å². The Morgan fingerprint density at radius 2 is 2.42 bits per heavy atom. The number of carbonyl (C=O) groups excluding carboxylic acids is 3. The van der Waals surface area contributed by atoms with Gasteiger partial charge in [0.1, 0.15) is 12.3 Å². The average molecular weight is 166 g/mol. The van der Waals surface area contributed by atoms with E-state index in [2.05, 4.69) is 10.6 Å². The first kappa shape index (κ1) is 8.77. The number of rotatable bonds is 2. The molecule has 2 amide bonds. The molecule has 0 aliphatic carbocycles. The van der Waals surface area contributed by atoms with E-state index in [1.54, 1.807) is 0 Å². The Bertz CT molecular complexity index is 231. The van der Waals surface area contributed by atoms with E-state index in [-0.39, 0.29) is 12.3 Å². The van der Waals surface area contributed by atoms with Gasteiger partial charge in [0.15, 0.2) is 5.81 Å². The summed E-state index contributed by atoms with van der Waals surface area (Å²) in [6.07, 6.45) is 0.895. The van der Waals surface area contributed by atoms with Crippen LogP contribution in [-0.4, -0.2) is 37.9 Å². The molecule has 6 heteroatoms. The van der Waals surface area contributed by atoms with Gasteiger partial charge in [-0.05, 0) is 0 Å². The van der Waals surface area contributed by atoms with Gasteiger partial charge in [-0.1, -0.05) is 0 Å². The van der Waals surface area contributed by atoms with Crippen LogP contribution in [0.5, 0.6) is 0 Å². The molecule has 0 aromatic rings. The largest absolute Gasteiger partial charge is 0.354 e. The van der Waals surface area contributed by atoms with Gasteiger partial charge in [-0.2, -0.15) is 0 Å². The maximum absolute atomic E-state index is 10.9. The fourth-order valence-corrected chi connectivity index (χ4v) is 1.09. The van der Waals surface area contributed by atoms with Crippen molar-refractivity contribution in [3.63, 3.8) is 0 Å². The summed E-state index contributed by atoms with van der Waals surface area (Å²) in [5, 5.41) is 4.61. The zero-order valence-electron chi connectivity index (χ0n) is 6.24. The number of amides is 2. The smallest absolute Gasteiger partial charge is 0.243 e. The lowest BCUT2D eigenvalue weighted by Crippen LogP contribution is -2.39. The third kappa shape index (κ3) is 1.84. The minimum atomic E-state index is -0.762. The molecule has 0 saturated carbocycles. The highest BCUT2D eigenvalue weighted by molar-refractivity contribution is 6.57. The van der Waals surface area contributed by atoms with Gasteiger partial charge in [-0.15, -0.1) is 0 Å². The summed E-state index contributed by atoms with van der Waals surface area (Å²) in [6.45, 7) is 0. The molecule has 2 radical (unpaired) electrons. The first-order chi connectivity index (χ1) is 5.63. The van der Waals surface area contributed by atoms with Gasteiger partial charge in [0, 0.05) is 6.42 Å². The van der Waals surface area contributed by atoms with E-state index in [9.17, 15) is 14.4 Å². The lowest BCUT2D eigenvalue weighted by molar-refractivity contribution is -0.121. The Labute approximate surface area is 70.3 Å². The summed E-state index contributed by atoms with van der Waals surface area (Å²) in [5.74, 6) is -1.13. The molecule has 12 heavy (non-hydrogen) atoms. The van der Waals surface area contributed by atoms with Crippen molar-refractivity contribution in [1.82, 2.24) is 10.6 Å². The first-order valence-corrected chi connectivity index (χ1v) is 3.45. The van der Waals surface area contributed by atoms with E-state index < -0.39 is 17.9 Å². The van der Waals surface area contributed by atoms with Crippen LogP contribution in [0.3, 0.4) is 0 Å². The van der Waals surface area contributed by atoms with Crippen LogP contribution in [0.2, 0.25) is 0 Å². The van der Waals surface area contributed by atoms with Crippen molar-refractivity contribution in [2.45, 2.75) is 18.5 Å². The highest BCUT2D eigenvalue weighted by Gasteiger charge is 2.31. The molecule has 1 aliphatic rings. The first-order valence-electron chi connectivity index (χ1n) is 3.45. The van der Waals surface area contributed by atoms with Gasteiger partial charge < -0.3 is 15.4 Å². The van der Waals surface area contributed by atoms with E-state index in [0.29, 0.717) is 6.29 Å². The Balaban J connectivity index is 2.51. The Hall–Kier alpha value is -1.33. The zero-order valence-corrected chi connectivity index (χ0v) is 6.24. The minimum absolute atomic E-state index is 0.269. The number of hydrogen-bond acceptors (Lipinski definition) is 3. The highest BCUT2D eigenvalue weighted by atomic mass is 16.2. The lowest BCUT2D eigenvalue weighted by atomic mass is 10.1. The summed E-state index contributed by atoms with van der Waals surface area (Å²) in [5.41, 5.74) is 0. The second-order valence-corrected chi connectivity index (χ2v) is 2.55. The second kappa shape index (κ2) is 3.38. The molecule has 2 atom stereocenters. The standard InChI is InChI=1S/C6H7BN2O3/c7-6(12)9-4-1-3(2-10)8-5(4)11/h2-4H,1H2,(H,8,11)(H,9,12)/t3-,4-/m1/s1. The van der Waals surface area contributed by atoms with Crippen molar-refractivity contribution in [3.05, 3.63) is 0 Å². The highest BCUT2D eigenvalue weighted by Crippen LogP contribution is 2.05. The normalized spacial score (nSPS) is 27.8. The molecule has 2 N–H and O–H groups in total. The molecule has 0 unspecified atom stereocenters. The summed E-state index contributed by atoms with van der Waals surface area (Å²) in [7, 11) is 4.80. The fourth-order valence-electron chi connectivity index (χ4n) is 1.09. The molecule has 1 heterocycles. The molecule has 5 nitrogen and oxygen atoms in total. The molecule has 1 saturated heterocycles. The van der Waals surface area contributed by atoms with Crippen molar-refractivity contribution >= 4 is 25.8 Å². The fraction of sp³-hybridized carbons (Fsp3) is 0.500. The van der Waals surface area contributed by atoms with Gasteiger partial charge in [-0.25, -0.2) is 0 Å². The van der Waals surface area contributed by atoms with E-state index in [0.717, 1.165) is 0 Å². The third-order valence-electron chi connectivity index (χ3n) is 1.61. The van der Waals surface area contributed by atoms with Crippen molar-refractivity contribution in [3.8, 4) is 0 Å². The van der Waals surface area contributed by atoms with Crippen LogP contribution in [0, 0.1) is 0 Å². The molecule has 1 fully saturated rings. The quantitative estimate of drug-likeness (QED) is 0.380. The molecule has 1 rings (SSSR count). The van der Waals surface area contributed by atoms with Crippen LogP contribution in [-0.2, 0) is 9.59 Å².